The lowest BCUT2D eigenvalue weighted by molar-refractivity contribution is 0.0693. The Kier molecular flexibility index (Phi) is 3.91. The fraction of sp³-hybridized carbons (Fsp3) is 0.333. The van der Waals surface area contributed by atoms with Crippen LogP contribution in [0.15, 0.2) is 24.4 Å². The Balaban J connectivity index is 2.24. The molecule has 0 aromatic carbocycles. The summed E-state index contributed by atoms with van der Waals surface area (Å²) >= 11 is 0. The lowest BCUT2D eigenvalue weighted by Gasteiger charge is -2.03. The fourth-order valence-electron chi connectivity index (χ4n) is 1.76. The van der Waals surface area contributed by atoms with E-state index in [2.05, 4.69) is 10.3 Å². The van der Waals surface area contributed by atoms with E-state index in [1.807, 2.05) is 12.3 Å². The van der Waals surface area contributed by atoms with E-state index in [-0.39, 0.29) is 5.69 Å². The van der Waals surface area contributed by atoms with Crippen molar-refractivity contribution in [3.63, 3.8) is 0 Å². The number of aromatic carboxylic acids is 1. The molecule has 0 radical (unpaired) electrons. The molecule has 2 N–H and O–H groups in total. The third-order valence-electron chi connectivity index (χ3n) is 2.59. The molecular weight excluding hydrogens is 234 g/mol. The van der Waals surface area contributed by atoms with Crippen molar-refractivity contribution in [1.82, 2.24) is 14.7 Å². The van der Waals surface area contributed by atoms with E-state index >= 15 is 0 Å². The highest BCUT2D eigenvalue weighted by Crippen LogP contribution is 2.12. The van der Waals surface area contributed by atoms with Gasteiger partial charge in [-0.25, -0.2) is 9.78 Å². The molecule has 0 atom stereocenters. The van der Waals surface area contributed by atoms with Crippen molar-refractivity contribution in [1.29, 1.82) is 0 Å². The van der Waals surface area contributed by atoms with Crippen molar-refractivity contribution in [2.75, 3.05) is 20.3 Å². The summed E-state index contributed by atoms with van der Waals surface area (Å²) in [7, 11) is 1.63. The SMILES string of the molecule is COCCNCc1nc(C(=O)O)c2ccccn12. The number of carboxylic acid groups (broad SMARTS) is 1. The minimum Gasteiger partial charge on any atom is -0.476 e. The summed E-state index contributed by atoms with van der Waals surface area (Å²) in [6, 6.07) is 5.39. The molecule has 0 amide bonds. The first-order chi connectivity index (χ1) is 8.74. The number of hydrogen-bond acceptors (Lipinski definition) is 4. The highest BCUT2D eigenvalue weighted by Gasteiger charge is 2.15. The van der Waals surface area contributed by atoms with Gasteiger partial charge in [-0.15, -0.1) is 0 Å². The molecule has 2 rings (SSSR count). The van der Waals surface area contributed by atoms with E-state index in [1.54, 1.807) is 23.6 Å². The van der Waals surface area contributed by atoms with Crippen LogP contribution in [0, 0.1) is 0 Å². The Hall–Kier alpha value is -1.92. The van der Waals surface area contributed by atoms with Crippen LogP contribution in [0.1, 0.15) is 16.3 Å². The zero-order valence-corrected chi connectivity index (χ0v) is 10.1. The molecule has 0 bridgehead atoms. The third-order valence-corrected chi connectivity index (χ3v) is 2.59. The molecule has 6 nitrogen and oxygen atoms in total. The highest BCUT2D eigenvalue weighted by atomic mass is 16.5. The number of carbonyl (C=O) groups is 1. The van der Waals surface area contributed by atoms with Crippen LogP contribution in [0.25, 0.3) is 5.52 Å². The predicted molar refractivity (Wildman–Crippen MR) is 65.7 cm³/mol. The average Bonchev–Trinajstić information content (AvgIpc) is 2.74. The van der Waals surface area contributed by atoms with Crippen LogP contribution in [0.3, 0.4) is 0 Å². The maximum Gasteiger partial charge on any atom is 0.356 e. The zero-order chi connectivity index (χ0) is 13.0. The first-order valence-corrected chi connectivity index (χ1v) is 5.63. The third kappa shape index (κ3) is 2.49. The van der Waals surface area contributed by atoms with Crippen molar-refractivity contribution in [2.45, 2.75) is 6.54 Å². The molecular formula is C12H15N3O3. The Morgan fingerprint density at radius 1 is 1.56 bits per heavy atom. The van der Waals surface area contributed by atoms with Crippen molar-refractivity contribution < 1.29 is 14.6 Å². The number of aromatic nitrogens is 2. The second-order valence-electron chi connectivity index (χ2n) is 3.81. The standard InChI is InChI=1S/C12H15N3O3/c1-18-7-5-13-8-10-14-11(12(16)17)9-4-2-3-6-15(9)10/h2-4,6,13H,5,7-8H2,1H3,(H,16,17). The highest BCUT2D eigenvalue weighted by molar-refractivity contribution is 5.93. The van der Waals surface area contributed by atoms with Gasteiger partial charge >= 0.3 is 5.97 Å². The van der Waals surface area contributed by atoms with Gasteiger partial charge in [0.25, 0.3) is 0 Å². The van der Waals surface area contributed by atoms with Gasteiger partial charge in [0, 0.05) is 19.9 Å². The van der Waals surface area contributed by atoms with E-state index in [4.69, 9.17) is 9.84 Å². The lowest BCUT2D eigenvalue weighted by atomic mass is 10.3. The predicted octanol–water partition coefficient (Wildman–Crippen LogP) is 0.768. The first kappa shape index (κ1) is 12.5. The normalized spacial score (nSPS) is 10.9. The van der Waals surface area contributed by atoms with Crippen molar-refractivity contribution in [3.05, 3.63) is 35.9 Å². The number of pyridine rings is 1. The van der Waals surface area contributed by atoms with Gasteiger partial charge in [-0.05, 0) is 12.1 Å². The molecule has 96 valence electrons. The molecule has 0 spiro atoms. The number of imidazole rings is 1. The van der Waals surface area contributed by atoms with Gasteiger partial charge < -0.3 is 19.6 Å². The van der Waals surface area contributed by atoms with E-state index in [0.717, 1.165) is 0 Å². The lowest BCUT2D eigenvalue weighted by Crippen LogP contribution is -2.20. The van der Waals surface area contributed by atoms with Gasteiger partial charge in [0.1, 0.15) is 5.82 Å². The maximum absolute atomic E-state index is 11.1. The Morgan fingerprint density at radius 2 is 2.39 bits per heavy atom. The minimum absolute atomic E-state index is 0.0825. The summed E-state index contributed by atoms with van der Waals surface area (Å²) in [4.78, 5) is 15.2. The van der Waals surface area contributed by atoms with E-state index < -0.39 is 5.97 Å². The van der Waals surface area contributed by atoms with Gasteiger partial charge in [-0.2, -0.15) is 0 Å². The smallest absolute Gasteiger partial charge is 0.356 e. The second-order valence-corrected chi connectivity index (χ2v) is 3.81. The van der Waals surface area contributed by atoms with Gasteiger partial charge in [-0.3, -0.25) is 0 Å². The van der Waals surface area contributed by atoms with Crippen LogP contribution in [0.2, 0.25) is 0 Å². The van der Waals surface area contributed by atoms with Gasteiger partial charge in [0.2, 0.25) is 0 Å². The Morgan fingerprint density at radius 3 is 3.11 bits per heavy atom. The topological polar surface area (TPSA) is 75.9 Å². The second kappa shape index (κ2) is 5.61. The number of fused-ring (bicyclic) bond motifs is 1. The fourth-order valence-corrected chi connectivity index (χ4v) is 1.76. The number of nitrogens with zero attached hydrogens (tertiary/aromatic N) is 2. The van der Waals surface area contributed by atoms with Crippen LogP contribution in [0.4, 0.5) is 0 Å². The first-order valence-electron chi connectivity index (χ1n) is 5.63. The Bertz CT molecular complexity index is 550. The maximum atomic E-state index is 11.1. The number of nitrogens with one attached hydrogen (secondary N) is 1. The van der Waals surface area contributed by atoms with Gasteiger partial charge in [0.05, 0.1) is 18.7 Å². The molecule has 0 saturated heterocycles. The van der Waals surface area contributed by atoms with Gasteiger partial charge in [0.15, 0.2) is 5.69 Å². The Labute approximate surface area is 104 Å². The molecule has 0 aliphatic rings. The van der Waals surface area contributed by atoms with Crippen LogP contribution >= 0.6 is 0 Å². The van der Waals surface area contributed by atoms with E-state index in [9.17, 15) is 4.79 Å². The quantitative estimate of drug-likeness (QED) is 0.739. The monoisotopic (exact) mass is 249 g/mol. The van der Waals surface area contributed by atoms with E-state index in [1.165, 1.54) is 0 Å². The number of hydrogen-bond donors (Lipinski definition) is 2. The van der Waals surface area contributed by atoms with E-state index in [0.29, 0.717) is 31.0 Å². The molecule has 18 heavy (non-hydrogen) atoms. The molecule has 6 heteroatoms. The summed E-state index contributed by atoms with van der Waals surface area (Å²) in [5.41, 5.74) is 0.688. The van der Waals surface area contributed by atoms with Crippen LogP contribution in [0.5, 0.6) is 0 Å². The number of methoxy groups -OCH3 is 1. The average molecular weight is 249 g/mol. The summed E-state index contributed by atoms with van der Waals surface area (Å²) < 4.78 is 6.71. The largest absolute Gasteiger partial charge is 0.476 e. The molecule has 0 saturated carbocycles. The van der Waals surface area contributed by atoms with Crippen LogP contribution in [-0.4, -0.2) is 40.7 Å². The molecule has 2 aromatic heterocycles. The number of carboxylic acids is 1. The van der Waals surface area contributed by atoms with Crippen molar-refractivity contribution >= 4 is 11.5 Å². The molecule has 2 aromatic rings. The van der Waals surface area contributed by atoms with Crippen LogP contribution < -0.4 is 5.32 Å². The summed E-state index contributed by atoms with van der Waals surface area (Å²) in [5, 5.41) is 12.2. The molecule has 2 heterocycles. The number of rotatable bonds is 6. The minimum atomic E-state index is -1.01. The zero-order valence-electron chi connectivity index (χ0n) is 10.1. The summed E-state index contributed by atoms with van der Waals surface area (Å²) in [5.74, 6) is -0.332. The summed E-state index contributed by atoms with van der Waals surface area (Å²) in [6.45, 7) is 1.80. The van der Waals surface area contributed by atoms with Crippen molar-refractivity contribution in [3.8, 4) is 0 Å². The van der Waals surface area contributed by atoms with Crippen molar-refractivity contribution in [2.24, 2.45) is 0 Å². The number of ether oxygens (including phenoxy) is 1. The molecule has 0 aliphatic heterocycles. The van der Waals surface area contributed by atoms with Gasteiger partial charge in [-0.1, -0.05) is 6.07 Å². The van der Waals surface area contributed by atoms with Crippen LogP contribution in [-0.2, 0) is 11.3 Å². The molecule has 0 aliphatic carbocycles. The molecule has 0 fully saturated rings. The summed E-state index contributed by atoms with van der Waals surface area (Å²) in [6.07, 6.45) is 1.81. The molecule has 0 unspecified atom stereocenters.